The van der Waals surface area contributed by atoms with Gasteiger partial charge in [0.2, 0.25) is 0 Å². The van der Waals surface area contributed by atoms with Gasteiger partial charge in [-0.1, -0.05) is 133 Å². The lowest BCUT2D eigenvalue weighted by Gasteiger charge is -2.40. The second kappa shape index (κ2) is 10.1. The summed E-state index contributed by atoms with van der Waals surface area (Å²) in [6, 6.07) is 63.0. The molecule has 7 aromatic carbocycles. The molecule has 0 amide bonds. The van der Waals surface area contributed by atoms with Gasteiger partial charge in [0.1, 0.15) is 11.5 Å². The van der Waals surface area contributed by atoms with E-state index in [4.69, 9.17) is 4.74 Å². The molecule has 1 heterocycles. The monoisotopic (exact) mass is 575 g/mol. The van der Waals surface area contributed by atoms with E-state index < -0.39 is 5.41 Å². The summed E-state index contributed by atoms with van der Waals surface area (Å²) in [6.07, 6.45) is 0. The van der Waals surface area contributed by atoms with E-state index in [-0.39, 0.29) is 0 Å². The van der Waals surface area contributed by atoms with E-state index in [2.05, 4.69) is 181 Å². The van der Waals surface area contributed by atoms with Crippen LogP contribution < -0.4 is 9.64 Å². The molecular weight excluding hydrogens is 546 g/mol. The van der Waals surface area contributed by atoms with Gasteiger partial charge < -0.3 is 9.64 Å². The number of fused-ring (bicyclic) bond motifs is 9. The third-order valence-electron chi connectivity index (χ3n) is 9.32. The second-order valence-electron chi connectivity index (χ2n) is 11.7. The molecule has 212 valence electrons. The fraction of sp³-hybridized carbons (Fsp3) is 0.0233. The maximum atomic E-state index is 6.88. The molecule has 0 saturated carbocycles. The lowest BCUT2D eigenvalue weighted by atomic mass is 9.65. The topological polar surface area (TPSA) is 12.5 Å². The molecule has 45 heavy (non-hydrogen) atoms. The molecule has 0 unspecified atom stereocenters. The summed E-state index contributed by atoms with van der Waals surface area (Å²) in [6.45, 7) is 0. The Morgan fingerprint density at radius 2 is 0.867 bits per heavy atom. The molecule has 1 aliphatic carbocycles. The van der Waals surface area contributed by atoms with Crippen LogP contribution >= 0.6 is 0 Å². The Hall–Kier alpha value is -5.86. The third-order valence-corrected chi connectivity index (χ3v) is 9.32. The summed E-state index contributed by atoms with van der Waals surface area (Å²) in [4.78, 5) is 2.38. The first-order valence-electron chi connectivity index (χ1n) is 15.4. The number of rotatable bonds is 4. The van der Waals surface area contributed by atoms with E-state index >= 15 is 0 Å². The van der Waals surface area contributed by atoms with Crippen molar-refractivity contribution in [2.45, 2.75) is 5.41 Å². The van der Waals surface area contributed by atoms with Crippen LogP contribution in [0, 0.1) is 0 Å². The molecule has 0 radical (unpaired) electrons. The summed E-state index contributed by atoms with van der Waals surface area (Å²) in [5.74, 6) is 1.77. The van der Waals surface area contributed by atoms with E-state index in [1.54, 1.807) is 0 Å². The Labute approximate surface area is 263 Å². The van der Waals surface area contributed by atoms with Crippen molar-refractivity contribution >= 4 is 17.1 Å². The van der Waals surface area contributed by atoms with Crippen molar-refractivity contribution in [2.75, 3.05) is 4.90 Å². The van der Waals surface area contributed by atoms with Crippen molar-refractivity contribution in [3.05, 3.63) is 198 Å². The Kier molecular flexibility index (Phi) is 5.76. The van der Waals surface area contributed by atoms with Crippen LogP contribution in [-0.4, -0.2) is 0 Å². The van der Waals surface area contributed by atoms with Gasteiger partial charge in [-0.15, -0.1) is 0 Å². The van der Waals surface area contributed by atoms with Crippen LogP contribution in [0.2, 0.25) is 0 Å². The summed E-state index contributed by atoms with van der Waals surface area (Å²) in [5, 5.41) is 0. The number of anilines is 3. The molecule has 2 heteroatoms. The highest BCUT2D eigenvalue weighted by Gasteiger charge is 2.51. The van der Waals surface area contributed by atoms with Crippen LogP contribution in [0.5, 0.6) is 11.5 Å². The second-order valence-corrected chi connectivity index (χ2v) is 11.7. The molecule has 0 fully saturated rings. The molecule has 7 aromatic rings. The third kappa shape index (κ3) is 3.76. The lowest BCUT2D eigenvalue weighted by Crippen LogP contribution is -2.32. The van der Waals surface area contributed by atoms with E-state index in [1.165, 1.54) is 27.8 Å². The van der Waals surface area contributed by atoms with Gasteiger partial charge >= 0.3 is 0 Å². The van der Waals surface area contributed by atoms with E-state index in [0.29, 0.717) is 0 Å². The molecule has 2 nitrogen and oxygen atoms in total. The van der Waals surface area contributed by atoms with E-state index in [9.17, 15) is 0 Å². The molecule has 0 bridgehead atoms. The highest BCUT2D eigenvalue weighted by atomic mass is 16.5. The Morgan fingerprint density at radius 1 is 0.378 bits per heavy atom. The van der Waals surface area contributed by atoms with Crippen molar-refractivity contribution in [2.24, 2.45) is 0 Å². The molecule has 0 saturated heterocycles. The van der Waals surface area contributed by atoms with Gasteiger partial charge in [-0.05, 0) is 70.3 Å². The average molecular weight is 576 g/mol. The van der Waals surface area contributed by atoms with Crippen molar-refractivity contribution in [3.8, 4) is 33.8 Å². The Morgan fingerprint density at radius 3 is 1.47 bits per heavy atom. The maximum absolute atomic E-state index is 6.88. The molecule has 2 aliphatic rings. The van der Waals surface area contributed by atoms with Crippen molar-refractivity contribution in [1.29, 1.82) is 0 Å². The molecule has 0 N–H and O–H groups in total. The number of nitrogens with zero attached hydrogens (tertiary/aromatic N) is 1. The van der Waals surface area contributed by atoms with Gasteiger partial charge in [-0.3, -0.25) is 0 Å². The Balaban J connectivity index is 1.43. The van der Waals surface area contributed by atoms with Crippen LogP contribution in [0.4, 0.5) is 17.1 Å². The van der Waals surface area contributed by atoms with Gasteiger partial charge in [0.15, 0.2) is 0 Å². The highest BCUT2D eigenvalue weighted by Crippen LogP contribution is 2.63. The van der Waals surface area contributed by atoms with Gasteiger partial charge in [0.05, 0.1) is 11.1 Å². The van der Waals surface area contributed by atoms with Gasteiger partial charge in [0, 0.05) is 28.1 Å². The minimum atomic E-state index is -0.541. The van der Waals surface area contributed by atoms with Crippen LogP contribution in [0.15, 0.2) is 176 Å². The zero-order chi connectivity index (χ0) is 29.8. The average Bonchev–Trinajstić information content (AvgIpc) is 3.41. The fourth-order valence-electron chi connectivity index (χ4n) is 7.51. The largest absolute Gasteiger partial charge is 0.457 e. The summed E-state index contributed by atoms with van der Waals surface area (Å²) in [7, 11) is 0. The SMILES string of the molecule is c1ccc(-c2cc3c(cc2N(c2ccccc2)c2ccccc2)C2(c4ccccc4O3)c3ccccc3-c3ccccc32)cc1. The molecule has 1 aliphatic heterocycles. The normalized spacial score (nSPS) is 13.2. The smallest absolute Gasteiger partial charge is 0.133 e. The Bertz CT molecular complexity index is 2100. The molecule has 9 rings (SSSR count). The number of benzene rings is 7. The fourth-order valence-corrected chi connectivity index (χ4v) is 7.51. The number of ether oxygens (including phenoxy) is 1. The molecule has 0 atom stereocenters. The number of hydrogen-bond donors (Lipinski definition) is 0. The maximum Gasteiger partial charge on any atom is 0.133 e. The van der Waals surface area contributed by atoms with Gasteiger partial charge in [-0.2, -0.15) is 0 Å². The van der Waals surface area contributed by atoms with Crippen LogP contribution in [0.25, 0.3) is 22.3 Å². The molecule has 0 aromatic heterocycles. The van der Waals surface area contributed by atoms with Crippen LogP contribution in [0.3, 0.4) is 0 Å². The summed E-state index contributed by atoms with van der Waals surface area (Å²) >= 11 is 0. The quantitative estimate of drug-likeness (QED) is 0.207. The first kappa shape index (κ1) is 25.6. The van der Waals surface area contributed by atoms with Crippen LogP contribution in [0.1, 0.15) is 22.3 Å². The van der Waals surface area contributed by atoms with Crippen LogP contribution in [-0.2, 0) is 5.41 Å². The zero-order valence-corrected chi connectivity index (χ0v) is 24.6. The lowest BCUT2D eigenvalue weighted by molar-refractivity contribution is 0.436. The van der Waals surface area contributed by atoms with E-state index in [0.717, 1.165) is 45.3 Å². The van der Waals surface area contributed by atoms with E-state index in [1.807, 2.05) is 0 Å². The van der Waals surface area contributed by atoms with Crippen molar-refractivity contribution in [3.63, 3.8) is 0 Å². The molecular formula is C43H29NO. The molecule has 1 spiro atoms. The standard InChI is InChI=1S/C43H29NO/c1-4-16-30(17-5-1)35-28-42-39(29-40(35)44(31-18-6-2-7-19-31)32-20-8-3-9-21-32)43(38-26-14-15-27-41(38)45-42)36-24-12-10-22-33(36)34-23-11-13-25-37(34)43/h1-29H. The predicted octanol–water partition coefficient (Wildman–Crippen LogP) is 11.3. The number of para-hydroxylation sites is 3. The first-order valence-corrected chi connectivity index (χ1v) is 15.4. The first-order chi connectivity index (χ1) is 22.3. The summed E-state index contributed by atoms with van der Waals surface area (Å²) < 4.78 is 6.88. The number of hydrogen-bond acceptors (Lipinski definition) is 2. The predicted molar refractivity (Wildman–Crippen MR) is 184 cm³/mol. The minimum absolute atomic E-state index is 0.541. The zero-order valence-electron chi connectivity index (χ0n) is 24.6. The van der Waals surface area contributed by atoms with Crippen molar-refractivity contribution in [1.82, 2.24) is 0 Å². The highest BCUT2D eigenvalue weighted by molar-refractivity contribution is 5.94. The minimum Gasteiger partial charge on any atom is -0.457 e. The van der Waals surface area contributed by atoms with Gasteiger partial charge in [-0.25, -0.2) is 0 Å². The van der Waals surface area contributed by atoms with Crippen molar-refractivity contribution < 1.29 is 4.74 Å². The summed E-state index contributed by atoms with van der Waals surface area (Å²) in [5.41, 5.74) is 12.4. The van der Waals surface area contributed by atoms with Gasteiger partial charge in [0.25, 0.3) is 0 Å².